The van der Waals surface area contributed by atoms with Gasteiger partial charge in [0.25, 0.3) is 0 Å². The summed E-state index contributed by atoms with van der Waals surface area (Å²) in [5, 5.41) is 0. The molecule has 0 aliphatic carbocycles. The molecule has 0 heterocycles. The van der Waals surface area contributed by atoms with E-state index in [0.29, 0.717) is 29.0 Å². The molecule has 0 aliphatic heterocycles. The maximum atomic E-state index is 12.9. The van der Waals surface area contributed by atoms with Crippen molar-refractivity contribution in [1.29, 1.82) is 0 Å². The summed E-state index contributed by atoms with van der Waals surface area (Å²) >= 11 is 0. The number of esters is 2. The fraction of sp³-hybridized carbons (Fsp3) is 0.102. The Bertz CT molecular complexity index is 2260. The van der Waals surface area contributed by atoms with E-state index in [0.717, 1.165) is 55.9 Å². The van der Waals surface area contributed by atoms with Gasteiger partial charge in [0.05, 0.1) is 11.4 Å². The molecule has 0 N–H and O–H groups in total. The van der Waals surface area contributed by atoms with Gasteiger partial charge < -0.3 is 9.47 Å². The summed E-state index contributed by atoms with van der Waals surface area (Å²) in [5.74, 6) is -0.192. The van der Waals surface area contributed by atoms with E-state index in [9.17, 15) is 9.59 Å². The third-order valence-electron chi connectivity index (χ3n) is 8.79. The maximum Gasteiger partial charge on any atom is 0.336 e. The van der Waals surface area contributed by atoms with Gasteiger partial charge in [0.1, 0.15) is 11.5 Å². The Labute approximate surface area is 322 Å². The quantitative estimate of drug-likeness (QED) is 0.0545. The molecule has 6 nitrogen and oxygen atoms in total. The van der Waals surface area contributed by atoms with Crippen LogP contribution in [0.2, 0.25) is 0 Å². The minimum absolute atomic E-state index is 0.395. The number of hydrogen-bond acceptors (Lipinski definition) is 6. The van der Waals surface area contributed by atoms with Gasteiger partial charge in [-0.1, -0.05) is 108 Å². The molecule has 0 aliphatic rings. The fourth-order valence-corrected chi connectivity index (χ4v) is 5.96. The number of carbonyl (C=O) groups is 2. The van der Waals surface area contributed by atoms with Crippen LogP contribution < -0.4 is 9.47 Å². The van der Waals surface area contributed by atoms with Crippen molar-refractivity contribution in [3.8, 4) is 11.5 Å². The van der Waals surface area contributed by atoms with Gasteiger partial charge in [0.15, 0.2) is 0 Å². The summed E-state index contributed by atoms with van der Waals surface area (Å²) in [7, 11) is 0. The van der Waals surface area contributed by atoms with Gasteiger partial charge in [-0.15, -0.1) is 0 Å². The minimum Gasteiger partial charge on any atom is -0.423 e. The Morgan fingerprint density at radius 2 is 0.927 bits per heavy atom. The zero-order chi connectivity index (χ0) is 38.6. The van der Waals surface area contributed by atoms with Crippen molar-refractivity contribution in [1.82, 2.24) is 0 Å². The molecule has 272 valence electrons. The van der Waals surface area contributed by atoms with Gasteiger partial charge in [0.2, 0.25) is 0 Å². The second-order valence-corrected chi connectivity index (χ2v) is 13.3. The Kier molecular flexibility index (Phi) is 12.5. The molecule has 0 spiro atoms. The Balaban J connectivity index is 1.29. The largest absolute Gasteiger partial charge is 0.423 e. The molecule has 6 heteroatoms. The van der Waals surface area contributed by atoms with E-state index in [1.54, 1.807) is 36.7 Å². The molecule has 6 aromatic rings. The number of nitrogens with zero attached hydrogens (tertiary/aromatic N) is 2. The number of hydrogen-bond donors (Lipinski definition) is 0. The molecule has 0 saturated carbocycles. The smallest absolute Gasteiger partial charge is 0.336 e. The lowest BCUT2D eigenvalue weighted by Crippen LogP contribution is -2.07. The van der Waals surface area contributed by atoms with Crippen LogP contribution in [0.1, 0.15) is 55.6 Å². The molecule has 0 amide bonds. The van der Waals surface area contributed by atoms with E-state index in [2.05, 4.69) is 12.1 Å². The third-order valence-corrected chi connectivity index (χ3v) is 8.79. The van der Waals surface area contributed by atoms with E-state index >= 15 is 0 Å². The molecular formula is C49H42N2O4. The monoisotopic (exact) mass is 722 g/mol. The standard InChI is InChI=1S/C49H42N2O4/c1-34-15-21-44(36(3)27-34)50-32-42-30-40(17-23-46(42)54-48(52)25-19-38-11-7-5-8-12-38)29-41-18-24-47(55-49(53)26-20-39-13-9-6-10-14-39)43(31-41)33-51-45-22-16-35(2)28-37(45)4/h5-28,30-33H,29H2,1-4H3. The predicted octanol–water partition coefficient (Wildman–Crippen LogP) is 11.2. The number of aliphatic imine (C=N–C) groups is 2. The predicted molar refractivity (Wildman–Crippen MR) is 224 cm³/mol. The van der Waals surface area contributed by atoms with Crippen molar-refractivity contribution in [3.63, 3.8) is 0 Å². The highest BCUT2D eigenvalue weighted by Gasteiger charge is 2.12. The molecule has 0 saturated heterocycles. The summed E-state index contributed by atoms with van der Waals surface area (Å²) in [6.45, 7) is 8.13. The lowest BCUT2D eigenvalue weighted by Gasteiger charge is -2.11. The van der Waals surface area contributed by atoms with Gasteiger partial charge in [-0.05, 0) is 116 Å². The lowest BCUT2D eigenvalue weighted by atomic mass is 10.0. The van der Waals surface area contributed by atoms with Crippen molar-refractivity contribution >= 4 is 47.9 Å². The van der Waals surface area contributed by atoms with Crippen LogP contribution in [0.3, 0.4) is 0 Å². The van der Waals surface area contributed by atoms with Crippen molar-refractivity contribution in [2.24, 2.45) is 9.98 Å². The van der Waals surface area contributed by atoms with Gasteiger partial charge in [-0.2, -0.15) is 0 Å². The van der Waals surface area contributed by atoms with E-state index in [1.807, 2.05) is 137 Å². The molecule has 6 aromatic carbocycles. The summed E-state index contributed by atoms with van der Waals surface area (Å²) in [4.78, 5) is 35.4. The van der Waals surface area contributed by atoms with Crippen LogP contribution >= 0.6 is 0 Å². The zero-order valence-electron chi connectivity index (χ0n) is 31.4. The first-order valence-corrected chi connectivity index (χ1v) is 18.1. The topological polar surface area (TPSA) is 77.3 Å². The first-order valence-electron chi connectivity index (χ1n) is 18.1. The van der Waals surface area contributed by atoms with Crippen LogP contribution in [0.4, 0.5) is 11.4 Å². The Hall–Kier alpha value is -6.92. The number of rotatable bonds is 12. The van der Waals surface area contributed by atoms with E-state index in [4.69, 9.17) is 19.5 Å². The summed E-state index contributed by atoms with van der Waals surface area (Å²) in [6.07, 6.45) is 10.3. The summed E-state index contributed by atoms with van der Waals surface area (Å²) < 4.78 is 11.7. The first kappa shape index (κ1) is 37.8. The molecule has 0 radical (unpaired) electrons. The average molecular weight is 723 g/mol. The van der Waals surface area contributed by atoms with E-state index < -0.39 is 11.9 Å². The second-order valence-electron chi connectivity index (χ2n) is 13.3. The Morgan fingerprint density at radius 3 is 1.33 bits per heavy atom. The Morgan fingerprint density at radius 1 is 0.509 bits per heavy atom. The van der Waals surface area contributed by atoms with E-state index in [1.165, 1.54) is 12.2 Å². The normalized spacial score (nSPS) is 11.6. The summed E-state index contributed by atoms with van der Waals surface area (Å²) in [6, 6.07) is 42.7. The molecular weight excluding hydrogens is 681 g/mol. The van der Waals surface area contributed by atoms with Gasteiger partial charge in [0, 0.05) is 35.7 Å². The van der Waals surface area contributed by atoms with Crippen molar-refractivity contribution in [2.45, 2.75) is 34.1 Å². The van der Waals surface area contributed by atoms with Crippen LogP contribution in [0.15, 0.2) is 156 Å². The highest BCUT2D eigenvalue weighted by molar-refractivity contribution is 5.93. The number of carbonyl (C=O) groups excluding carboxylic acids is 2. The van der Waals surface area contributed by atoms with Crippen LogP contribution in [0, 0.1) is 27.7 Å². The third kappa shape index (κ3) is 11.0. The van der Waals surface area contributed by atoms with Gasteiger partial charge in [-0.3, -0.25) is 9.98 Å². The number of benzene rings is 6. The minimum atomic E-state index is -0.491. The zero-order valence-corrected chi connectivity index (χ0v) is 31.4. The molecule has 0 bridgehead atoms. The van der Waals surface area contributed by atoms with Crippen LogP contribution in [0.25, 0.3) is 12.2 Å². The summed E-state index contributed by atoms with van der Waals surface area (Å²) in [5.41, 5.74) is 11.1. The molecule has 55 heavy (non-hydrogen) atoms. The molecule has 0 fully saturated rings. The second kappa shape index (κ2) is 18.2. The molecule has 6 rings (SSSR count). The maximum absolute atomic E-state index is 12.9. The van der Waals surface area contributed by atoms with Crippen molar-refractivity contribution < 1.29 is 19.1 Å². The first-order chi connectivity index (χ1) is 26.7. The lowest BCUT2D eigenvalue weighted by molar-refractivity contribution is -0.129. The number of aryl methyl sites for hydroxylation is 4. The van der Waals surface area contributed by atoms with Crippen molar-refractivity contribution in [2.75, 3.05) is 0 Å². The molecule has 0 unspecified atom stereocenters. The molecule has 0 aromatic heterocycles. The highest BCUT2D eigenvalue weighted by atomic mass is 16.5. The van der Waals surface area contributed by atoms with Crippen LogP contribution in [0.5, 0.6) is 11.5 Å². The van der Waals surface area contributed by atoms with Crippen LogP contribution in [-0.4, -0.2) is 24.4 Å². The SMILES string of the molecule is Cc1ccc(N=Cc2cc(Cc3ccc(OC(=O)C=Cc4ccccc4)c(C=Nc4ccc(C)cc4C)c3)ccc2OC(=O)C=Cc2ccccc2)c(C)c1. The average Bonchev–Trinajstić information content (AvgIpc) is 3.18. The van der Waals surface area contributed by atoms with Gasteiger partial charge >= 0.3 is 11.9 Å². The fourth-order valence-electron chi connectivity index (χ4n) is 5.96. The van der Waals surface area contributed by atoms with Crippen LogP contribution in [-0.2, 0) is 16.0 Å². The van der Waals surface area contributed by atoms with Crippen molar-refractivity contribution in [3.05, 3.63) is 201 Å². The highest BCUT2D eigenvalue weighted by Crippen LogP contribution is 2.27. The van der Waals surface area contributed by atoms with Gasteiger partial charge in [-0.25, -0.2) is 9.59 Å². The van der Waals surface area contributed by atoms with E-state index in [-0.39, 0.29) is 0 Å². The number of ether oxygens (including phenoxy) is 2. The molecule has 0 atom stereocenters.